The summed E-state index contributed by atoms with van der Waals surface area (Å²) < 4.78 is 10.7. The lowest BCUT2D eigenvalue weighted by Crippen LogP contribution is -1.96. The Bertz CT molecular complexity index is 556. The van der Waals surface area contributed by atoms with Crippen LogP contribution in [0.4, 0.5) is 0 Å². The molecule has 1 unspecified atom stereocenters. The average molecular weight is 349 g/mol. The van der Waals surface area contributed by atoms with Gasteiger partial charge in [0, 0.05) is 6.07 Å². The summed E-state index contributed by atoms with van der Waals surface area (Å²) >= 11 is 3.77. The lowest BCUT2D eigenvalue weighted by atomic mass is 10.0. The van der Waals surface area contributed by atoms with Crippen LogP contribution < -0.4 is 9.47 Å². The number of methoxy groups -OCH3 is 2. The Balaban J connectivity index is 2.28. The number of halogens is 1. The molecule has 21 heavy (non-hydrogen) atoms. The first-order valence-electron chi connectivity index (χ1n) is 7.13. The highest BCUT2D eigenvalue weighted by Crippen LogP contribution is 2.35. The minimum atomic E-state index is 0.122. The molecule has 0 amide bonds. The minimum Gasteiger partial charge on any atom is -0.497 e. The van der Waals surface area contributed by atoms with Gasteiger partial charge in [0.2, 0.25) is 0 Å². The van der Waals surface area contributed by atoms with Gasteiger partial charge in [0.15, 0.2) is 0 Å². The molecule has 0 radical (unpaired) electrons. The van der Waals surface area contributed by atoms with Crippen molar-refractivity contribution < 1.29 is 9.47 Å². The smallest absolute Gasteiger partial charge is 0.122 e. The number of aryl methyl sites for hydroxylation is 1. The van der Waals surface area contributed by atoms with Gasteiger partial charge in [0.05, 0.1) is 19.0 Å². The fourth-order valence-corrected chi connectivity index (χ4v) is 2.88. The first-order chi connectivity index (χ1) is 10.2. The molecule has 1 atom stereocenters. The van der Waals surface area contributed by atoms with Gasteiger partial charge in [-0.15, -0.1) is 0 Å². The standard InChI is InChI=1S/C18H21BrO2/c1-4-5-13-6-8-14(9-7-13)18(19)15-10-16(20-2)12-17(11-15)21-3/h6-12,18H,4-5H2,1-3H3. The number of benzene rings is 2. The largest absolute Gasteiger partial charge is 0.497 e. The first kappa shape index (κ1) is 15.9. The van der Waals surface area contributed by atoms with Gasteiger partial charge in [-0.1, -0.05) is 53.5 Å². The predicted octanol–water partition coefficient (Wildman–Crippen LogP) is 5.14. The molecule has 3 heteroatoms. The first-order valence-corrected chi connectivity index (χ1v) is 8.05. The zero-order valence-corrected chi connectivity index (χ0v) is 14.3. The molecule has 0 fully saturated rings. The van der Waals surface area contributed by atoms with Crippen LogP contribution in [0.5, 0.6) is 11.5 Å². The lowest BCUT2D eigenvalue weighted by Gasteiger charge is -2.14. The number of alkyl halides is 1. The van der Waals surface area contributed by atoms with E-state index in [1.807, 2.05) is 18.2 Å². The predicted molar refractivity (Wildman–Crippen MR) is 90.8 cm³/mol. The zero-order valence-electron chi connectivity index (χ0n) is 12.7. The molecular weight excluding hydrogens is 328 g/mol. The van der Waals surface area contributed by atoms with Crippen LogP contribution in [0.3, 0.4) is 0 Å². The molecule has 0 saturated carbocycles. The maximum atomic E-state index is 5.33. The Morgan fingerprint density at radius 2 is 1.48 bits per heavy atom. The average Bonchev–Trinajstić information content (AvgIpc) is 2.54. The Kier molecular flexibility index (Phi) is 5.68. The molecule has 2 aromatic rings. The van der Waals surface area contributed by atoms with Crippen LogP contribution in [0.2, 0.25) is 0 Å². The summed E-state index contributed by atoms with van der Waals surface area (Å²) in [5.74, 6) is 1.60. The third-order valence-corrected chi connectivity index (χ3v) is 4.53. The highest BCUT2D eigenvalue weighted by Gasteiger charge is 2.13. The van der Waals surface area contributed by atoms with Crippen LogP contribution in [-0.2, 0) is 6.42 Å². The third kappa shape index (κ3) is 4.01. The molecule has 0 aliphatic rings. The quantitative estimate of drug-likeness (QED) is 0.672. The van der Waals surface area contributed by atoms with Crippen molar-refractivity contribution in [1.82, 2.24) is 0 Å². The maximum absolute atomic E-state index is 5.33. The highest BCUT2D eigenvalue weighted by atomic mass is 79.9. The Hall–Kier alpha value is -1.48. The van der Waals surface area contributed by atoms with Gasteiger partial charge in [-0.2, -0.15) is 0 Å². The fraction of sp³-hybridized carbons (Fsp3) is 0.333. The fourth-order valence-electron chi connectivity index (χ4n) is 2.31. The van der Waals surface area contributed by atoms with E-state index in [4.69, 9.17) is 9.47 Å². The van der Waals surface area contributed by atoms with E-state index in [-0.39, 0.29) is 4.83 Å². The minimum absolute atomic E-state index is 0.122. The summed E-state index contributed by atoms with van der Waals surface area (Å²) in [7, 11) is 3.34. The van der Waals surface area contributed by atoms with E-state index in [0.717, 1.165) is 23.5 Å². The number of ether oxygens (including phenoxy) is 2. The van der Waals surface area contributed by atoms with Crippen molar-refractivity contribution in [2.45, 2.75) is 24.6 Å². The number of hydrogen-bond acceptors (Lipinski definition) is 2. The molecule has 0 heterocycles. The van der Waals surface area contributed by atoms with E-state index in [1.165, 1.54) is 17.5 Å². The van der Waals surface area contributed by atoms with E-state index in [2.05, 4.69) is 47.1 Å². The van der Waals surface area contributed by atoms with Crippen molar-refractivity contribution in [3.8, 4) is 11.5 Å². The monoisotopic (exact) mass is 348 g/mol. The SMILES string of the molecule is CCCc1ccc(C(Br)c2cc(OC)cc(OC)c2)cc1. The second-order valence-electron chi connectivity index (χ2n) is 5.00. The van der Waals surface area contributed by atoms with Gasteiger partial charge in [-0.3, -0.25) is 0 Å². The Morgan fingerprint density at radius 1 is 0.905 bits per heavy atom. The number of hydrogen-bond donors (Lipinski definition) is 0. The summed E-state index contributed by atoms with van der Waals surface area (Å²) in [5.41, 5.74) is 3.73. The van der Waals surface area contributed by atoms with Crippen LogP contribution >= 0.6 is 15.9 Å². The summed E-state index contributed by atoms with van der Waals surface area (Å²) in [6, 6.07) is 14.7. The van der Waals surface area contributed by atoms with E-state index in [0.29, 0.717) is 0 Å². The molecular formula is C18H21BrO2. The molecule has 0 saturated heterocycles. The van der Waals surface area contributed by atoms with Crippen LogP contribution in [0.1, 0.15) is 34.9 Å². The van der Waals surface area contributed by atoms with E-state index in [1.54, 1.807) is 14.2 Å². The molecule has 0 spiro atoms. The van der Waals surface area contributed by atoms with Crippen molar-refractivity contribution in [2.24, 2.45) is 0 Å². The molecule has 0 N–H and O–H groups in total. The molecule has 0 bridgehead atoms. The third-order valence-electron chi connectivity index (χ3n) is 3.48. The zero-order chi connectivity index (χ0) is 15.2. The summed E-state index contributed by atoms with van der Waals surface area (Å²) in [6.07, 6.45) is 2.30. The molecule has 2 aromatic carbocycles. The molecule has 2 nitrogen and oxygen atoms in total. The van der Waals surface area contributed by atoms with Gasteiger partial charge in [-0.05, 0) is 35.2 Å². The molecule has 112 valence electrons. The van der Waals surface area contributed by atoms with Crippen molar-refractivity contribution in [1.29, 1.82) is 0 Å². The van der Waals surface area contributed by atoms with Gasteiger partial charge >= 0.3 is 0 Å². The van der Waals surface area contributed by atoms with Crippen molar-refractivity contribution in [3.63, 3.8) is 0 Å². The second-order valence-corrected chi connectivity index (χ2v) is 5.92. The molecule has 2 rings (SSSR count). The van der Waals surface area contributed by atoms with Crippen LogP contribution in [0, 0.1) is 0 Å². The topological polar surface area (TPSA) is 18.5 Å². The highest BCUT2D eigenvalue weighted by molar-refractivity contribution is 9.09. The Labute approximate surface area is 135 Å². The Morgan fingerprint density at radius 3 is 1.95 bits per heavy atom. The van der Waals surface area contributed by atoms with Gasteiger partial charge < -0.3 is 9.47 Å². The molecule has 0 aliphatic carbocycles. The second kappa shape index (κ2) is 7.51. The normalized spacial score (nSPS) is 12.0. The summed E-state index contributed by atoms with van der Waals surface area (Å²) in [4.78, 5) is 0.122. The van der Waals surface area contributed by atoms with Crippen LogP contribution in [0.15, 0.2) is 42.5 Å². The lowest BCUT2D eigenvalue weighted by molar-refractivity contribution is 0.393. The summed E-state index contributed by atoms with van der Waals surface area (Å²) in [5, 5.41) is 0. The van der Waals surface area contributed by atoms with E-state index in [9.17, 15) is 0 Å². The van der Waals surface area contributed by atoms with Crippen LogP contribution in [0.25, 0.3) is 0 Å². The van der Waals surface area contributed by atoms with Gasteiger partial charge in [0.25, 0.3) is 0 Å². The van der Waals surface area contributed by atoms with Crippen molar-refractivity contribution in [2.75, 3.05) is 14.2 Å². The van der Waals surface area contributed by atoms with Gasteiger partial charge in [-0.25, -0.2) is 0 Å². The summed E-state index contributed by atoms with van der Waals surface area (Å²) in [6.45, 7) is 2.20. The van der Waals surface area contributed by atoms with Crippen LogP contribution in [-0.4, -0.2) is 14.2 Å². The van der Waals surface area contributed by atoms with E-state index < -0.39 is 0 Å². The number of rotatable bonds is 6. The maximum Gasteiger partial charge on any atom is 0.122 e. The van der Waals surface area contributed by atoms with Gasteiger partial charge in [0.1, 0.15) is 11.5 Å². The molecule has 0 aliphatic heterocycles. The van der Waals surface area contributed by atoms with Crippen molar-refractivity contribution in [3.05, 3.63) is 59.2 Å². The van der Waals surface area contributed by atoms with Crippen molar-refractivity contribution >= 4 is 15.9 Å². The molecule has 0 aromatic heterocycles. The van der Waals surface area contributed by atoms with E-state index >= 15 is 0 Å².